The van der Waals surface area contributed by atoms with Crippen LogP contribution in [-0.2, 0) is 4.74 Å². The van der Waals surface area contributed by atoms with Gasteiger partial charge >= 0.3 is 0 Å². The van der Waals surface area contributed by atoms with Crippen molar-refractivity contribution in [2.75, 3.05) is 30.8 Å². The summed E-state index contributed by atoms with van der Waals surface area (Å²) in [5.41, 5.74) is 7.42. The van der Waals surface area contributed by atoms with Crippen LogP contribution < -0.4 is 15.8 Å². The molecule has 4 nitrogen and oxygen atoms in total. The van der Waals surface area contributed by atoms with Crippen molar-refractivity contribution in [2.24, 2.45) is 0 Å². The van der Waals surface area contributed by atoms with Gasteiger partial charge in [0.2, 0.25) is 0 Å². The molecule has 4 heteroatoms. The third kappa shape index (κ3) is 4.99. The first-order valence-electron chi connectivity index (χ1n) is 6.89. The average molecular weight is 266 g/mol. The van der Waals surface area contributed by atoms with E-state index in [1.165, 1.54) is 0 Å². The van der Waals surface area contributed by atoms with Gasteiger partial charge < -0.3 is 20.5 Å². The van der Waals surface area contributed by atoms with Crippen LogP contribution in [0.25, 0.3) is 0 Å². The maximum absolute atomic E-state index is 6.10. The smallest absolute Gasteiger partial charge is 0.144 e. The number of nitrogen functional groups attached to an aromatic ring is 1. The van der Waals surface area contributed by atoms with Crippen molar-refractivity contribution in [3.8, 4) is 5.75 Å². The molecule has 0 unspecified atom stereocenters. The number of nitrogens with two attached hydrogens (primary N) is 1. The highest BCUT2D eigenvalue weighted by molar-refractivity contribution is 5.72. The van der Waals surface area contributed by atoms with Crippen LogP contribution in [0.15, 0.2) is 18.2 Å². The number of rotatable bonds is 8. The maximum atomic E-state index is 6.10. The molecule has 19 heavy (non-hydrogen) atoms. The third-order valence-corrected chi connectivity index (χ3v) is 2.77. The predicted octanol–water partition coefficient (Wildman–Crippen LogP) is 3.28. The summed E-state index contributed by atoms with van der Waals surface area (Å²) in [5, 5.41) is 3.32. The first kappa shape index (κ1) is 15.6. The Hall–Kier alpha value is -1.42. The second kappa shape index (κ2) is 7.24. The summed E-state index contributed by atoms with van der Waals surface area (Å²) < 4.78 is 11.3. The van der Waals surface area contributed by atoms with E-state index in [1.54, 1.807) is 0 Å². The highest BCUT2D eigenvalue weighted by atomic mass is 16.5. The summed E-state index contributed by atoms with van der Waals surface area (Å²) >= 11 is 0. The fourth-order valence-corrected chi connectivity index (χ4v) is 1.79. The van der Waals surface area contributed by atoms with E-state index in [2.05, 4.69) is 26.1 Å². The van der Waals surface area contributed by atoms with Crippen LogP contribution in [-0.4, -0.2) is 25.4 Å². The zero-order valence-corrected chi connectivity index (χ0v) is 12.5. The largest absolute Gasteiger partial charge is 0.491 e. The van der Waals surface area contributed by atoms with Gasteiger partial charge in [-0.15, -0.1) is 0 Å². The molecule has 108 valence electrons. The number of hydrogen-bond donors (Lipinski definition) is 2. The fourth-order valence-electron chi connectivity index (χ4n) is 1.79. The standard InChI is InChI=1S/C15H26N2O2/c1-5-10-18-13-9-7-8-12(14(13)16)17-11-15(3,4)19-6-2/h7-9,17H,5-6,10-11,16H2,1-4H3. The summed E-state index contributed by atoms with van der Waals surface area (Å²) in [5.74, 6) is 0.737. The summed E-state index contributed by atoms with van der Waals surface area (Å²) in [6.45, 7) is 10.2. The number of nitrogens with one attached hydrogen (secondary N) is 1. The van der Waals surface area contributed by atoms with Gasteiger partial charge in [-0.2, -0.15) is 0 Å². The minimum Gasteiger partial charge on any atom is -0.491 e. The van der Waals surface area contributed by atoms with Crippen molar-refractivity contribution in [3.63, 3.8) is 0 Å². The number of hydrogen-bond acceptors (Lipinski definition) is 4. The molecule has 0 bridgehead atoms. The molecule has 1 aromatic rings. The Morgan fingerprint density at radius 1 is 1.26 bits per heavy atom. The van der Waals surface area contributed by atoms with Crippen LogP contribution in [0.4, 0.5) is 11.4 Å². The second-order valence-electron chi connectivity index (χ2n) is 5.11. The molecule has 0 fully saturated rings. The third-order valence-electron chi connectivity index (χ3n) is 2.77. The van der Waals surface area contributed by atoms with Gasteiger partial charge in [0, 0.05) is 13.2 Å². The van der Waals surface area contributed by atoms with Crippen molar-refractivity contribution >= 4 is 11.4 Å². The molecular formula is C15H26N2O2. The van der Waals surface area contributed by atoms with Crippen molar-refractivity contribution in [1.29, 1.82) is 0 Å². The molecule has 0 heterocycles. The molecule has 0 aliphatic heterocycles. The Bertz CT molecular complexity index is 392. The van der Waals surface area contributed by atoms with E-state index < -0.39 is 0 Å². The van der Waals surface area contributed by atoms with Crippen LogP contribution >= 0.6 is 0 Å². The van der Waals surface area contributed by atoms with Crippen LogP contribution in [0, 0.1) is 0 Å². The van der Waals surface area contributed by atoms with Gasteiger partial charge in [0.25, 0.3) is 0 Å². The predicted molar refractivity (Wildman–Crippen MR) is 80.8 cm³/mol. The minimum absolute atomic E-state index is 0.221. The Labute approximate surface area is 116 Å². The van der Waals surface area contributed by atoms with Gasteiger partial charge in [-0.05, 0) is 39.3 Å². The second-order valence-corrected chi connectivity index (χ2v) is 5.11. The molecule has 1 aromatic carbocycles. The molecule has 0 aliphatic carbocycles. The quantitative estimate of drug-likeness (QED) is 0.709. The van der Waals surface area contributed by atoms with E-state index in [-0.39, 0.29) is 5.60 Å². The average Bonchev–Trinajstić information content (AvgIpc) is 2.36. The lowest BCUT2D eigenvalue weighted by Crippen LogP contribution is -2.33. The molecular weight excluding hydrogens is 240 g/mol. The lowest BCUT2D eigenvalue weighted by molar-refractivity contribution is 0.000706. The highest BCUT2D eigenvalue weighted by Gasteiger charge is 2.18. The molecule has 0 saturated carbocycles. The number of ether oxygens (including phenoxy) is 2. The van der Waals surface area contributed by atoms with E-state index in [0.29, 0.717) is 25.4 Å². The summed E-state index contributed by atoms with van der Waals surface area (Å²) in [6, 6.07) is 5.79. The van der Waals surface area contributed by atoms with Gasteiger partial charge in [-0.3, -0.25) is 0 Å². The lowest BCUT2D eigenvalue weighted by Gasteiger charge is -2.26. The Morgan fingerprint density at radius 3 is 2.63 bits per heavy atom. The van der Waals surface area contributed by atoms with Crippen molar-refractivity contribution in [3.05, 3.63) is 18.2 Å². The maximum Gasteiger partial charge on any atom is 0.144 e. The topological polar surface area (TPSA) is 56.5 Å². The first-order valence-corrected chi connectivity index (χ1v) is 6.89. The number of benzene rings is 1. The van der Waals surface area contributed by atoms with E-state index in [1.807, 2.05) is 25.1 Å². The van der Waals surface area contributed by atoms with Crippen LogP contribution in [0.5, 0.6) is 5.75 Å². The van der Waals surface area contributed by atoms with Gasteiger partial charge in [0.1, 0.15) is 5.75 Å². The highest BCUT2D eigenvalue weighted by Crippen LogP contribution is 2.29. The van der Waals surface area contributed by atoms with Crippen LogP contribution in [0.3, 0.4) is 0 Å². The van der Waals surface area contributed by atoms with Crippen molar-refractivity contribution in [1.82, 2.24) is 0 Å². The number of anilines is 2. The first-order chi connectivity index (χ1) is 9.00. The Kier molecular flexibility index (Phi) is 5.96. The summed E-state index contributed by atoms with van der Waals surface area (Å²) in [4.78, 5) is 0. The minimum atomic E-state index is -0.221. The Balaban J connectivity index is 2.68. The molecule has 1 rings (SSSR count). The van der Waals surface area contributed by atoms with E-state index >= 15 is 0 Å². The normalized spacial score (nSPS) is 11.4. The number of para-hydroxylation sites is 1. The van der Waals surface area contributed by atoms with Crippen LogP contribution in [0.2, 0.25) is 0 Å². The molecule has 0 atom stereocenters. The monoisotopic (exact) mass is 266 g/mol. The molecule has 3 N–H and O–H groups in total. The van der Waals surface area contributed by atoms with E-state index in [9.17, 15) is 0 Å². The molecule has 0 spiro atoms. The lowest BCUT2D eigenvalue weighted by atomic mass is 10.1. The molecule has 0 amide bonds. The molecule has 0 saturated heterocycles. The van der Waals surface area contributed by atoms with E-state index in [0.717, 1.165) is 17.9 Å². The zero-order chi connectivity index (χ0) is 14.3. The summed E-state index contributed by atoms with van der Waals surface area (Å²) in [7, 11) is 0. The van der Waals surface area contributed by atoms with Crippen LogP contribution in [0.1, 0.15) is 34.1 Å². The molecule has 0 aromatic heterocycles. The van der Waals surface area contributed by atoms with Gasteiger partial charge in [-0.1, -0.05) is 13.0 Å². The summed E-state index contributed by atoms with van der Waals surface area (Å²) in [6.07, 6.45) is 0.967. The zero-order valence-electron chi connectivity index (χ0n) is 12.5. The Morgan fingerprint density at radius 2 is 2.00 bits per heavy atom. The van der Waals surface area contributed by atoms with Gasteiger partial charge in [-0.25, -0.2) is 0 Å². The molecule has 0 aliphatic rings. The van der Waals surface area contributed by atoms with Crippen molar-refractivity contribution < 1.29 is 9.47 Å². The van der Waals surface area contributed by atoms with Gasteiger partial charge in [0.05, 0.1) is 23.6 Å². The van der Waals surface area contributed by atoms with E-state index in [4.69, 9.17) is 15.2 Å². The fraction of sp³-hybridized carbons (Fsp3) is 0.600. The SMILES string of the molecule is CCCOc1cccc(NCC(C)(C)OCC)c1N. The van der Waals surface area contributed by atoms with Crippen molar-refractivity contribution in [2.45, 2.75) is 39.7 Å². The molecule has 0 radical (unpaired) electrons. The van der Waals surface area contributed by atoms with Gasteiger partial charge in [0.15, 0.2) is 0 Å².